The average molecular weight is 318 g/mol. The molecule has 1 unspecified atom stereocenters. The van der Waals surface area contributed by atoms with Crippen LogP contribution in [0, 0.1) is 12.8 Å². The summed E-state index contributed by atoms with van der Waals surface area (Å²) >= 11 is 1.52. The van der Waals surface area contributed by atoms with E-state index in [1.165, 1.54) is 11.3 Å². The van der Waals surface area contributed by atoms with Gasteiger partial charge in [0.1, 0.15) is 5.01 Å². The lowest BCUT2D eigenvalue weighted by molar-refractivity contribution is 0.261. The third-order valence-corrected chi connectivity index (χ3v) is 5.82. The predicted octanol–water partition coefficient (Wildman–Crippen LogP) is 0.717. The number of rotatable bonds is 6. The Bertz CT molecular complexity index is 527. The van der Waals surface area contributed by atoms with E-state index < -0.39 is 10.2 Å². The van der Waals surface area contributed by atoms with E-state index in [-0.39, 0.29) is 6.54 Å². The van der Waals surface area contributed by atoms with Gasteiger partial charge in [0, 0.05) is 24.2 Å². The minimum atomic E-state index is -3.40. The zero-order chi connectivity index (χ0) is 14.6. The van der Waals surface area contributed by atoms with Gasteiger partial charge in [-0.1, -0.05) is 0 Å². The molecule has 1 atom stereocenters. The van der Waals surface area contributed by atoms with Crippen LogP contribution in [0.4, 0.5) is 0 Å². The molecule has 1 aromatic heterocycles. The quantitative estimate of drug-likeness (QED) is 0.810. The molecule has 2 heterocycles. The van der Waals surface area contributed by atoms with Gasteiger partial charge in [0.15, 0.2) is 0 Å². The van der Waals surface area contributed by atoms with Crippen molar-refractivity contribution in [3.8, 4) is 0 Å². The van der Waals surface area contributed by atoms with Gasteiger partial charge in [0.05, 0.1) is 6.54 Å². The monoisotopic (exact) mass is 318 g/mol. The fraction of sp³-hybridized carbons (Fsp3) is 0.750. The highest BCUT2D eigenvalue weighted by Crippen LogP contribution is 2.18. The van der Waals surface area contributed by atoms with Crippen LogP contribution in [0.5, 0.6) is 0 Å². The molecule has 2 rings (SSSR count). The third-order valence-electron chi connectivity index (χ3n) is 3.39. The number of nitrogens with one attached hydrogen (secondary N) is 2. The fourth-order valence-corrected chi connectivity index (χ4v) is 4.52. The van der Waals surface area contributed by atoms with Gasteiger partial charge >= 0.3 is 0 Å². The molecule has 0 spiro atoms. The van der Waals surface area contributed by atoms with Crippen LogP contribution >= 0.6 is 11.3 Å². The van der Waals surface area contributed by atoms with E-state index in [9.17, 15) is 8.42 Å². The Morgan fingerprint density at radius 1 is 1.55 bits per heavy atom. The summed E-state index contributed by atoms with van der Waals surface area (Å²) in [6, 6.07) is 0. The minimum absolute atomic E-state index is 0.272. The van der Waals surface area contributed by atoms with Crippen molar-refractivity contribution in [3.05, 3.63) is 16.1 Å². The summed E-state index contributed by atoms with van der Waals surface area (Å²) in [6.07, 6.45) is 3.76. The van der Waals surface area contributed by atoms with Crippen molar-refractivity contribution < 1.29 is 8.42 Å². The Morgan fingerprint density at radius 2 is 2.35 bits per heavy atom. The van der Waals surface area contributed by atoms with E-state index in [0.717, 1.165) is 29.3 Å². The van der Waals surface area contributed by atoms with E-state index in [1.54, 1.807) is 10.5 Å². The Hall–Kier alpha value is -0.540. The first-order valence-corrected chi connectivity index (χ1v) is 9.07. The lowest BCUT2D eigenvalue weighted by Gasteiger charge is -2.31. The zero-order valence-corrected chi connectivity index (χ0v) is 13.6. The van der Waals surface area contributed by atoms with E-state index >= 15 is 0 Å². The Labute approximate surface area is 124 Å². The summed E-state index contributed by atoms with van der Waals surface area (Å²) in [6.45, 7) is 4.29. The van der Waals surface area contributed by atoms with Crippen LogP contribution in [0.2, 0.25) is 0 Å². The number of hydrogen-bond donors (Lipinski definition) is 2. The van der Waals surface area contributed by atoms with Crippen molar-refractivity contribution in [2.24, 2.45) is 5.92 Å². The molecule has 8 heteroatoms. The van der Waals surface area contributed by atoms with E-state index in [4.69, 9.17) is 0 Å². The summed E-state index contributed by atoms with van der Waals surface area (Å²) in [4.78, 5) is 5.26. The first-order chi connectivity index (χ1) is 9.51. The van der Waals surface area contributed by atoms with Crippen LogP contribution in [-0.4, -0.2) is 44.4 Å². The van der Waals surface area contributed by atoms with Gasteiger partial charge in [0.25, 0.3) is 10.2 Å². The molecule has 1 aliphatic heterocycles. The number of thiazole rings is 1. The first kappa shape index (κ1) is 15.8. The summed E-state index contributed by atoms with van der Waals surface area (Å²) in [5.41, 5.74) is 0. The predicted molar refractivity (Wildman–Crippen MR) is 80.8 cm³/mol. The molecule has 6 nitrogen and oxygen atoms in total. The van der Waals surface area contributed by atoms with Crippen molar-refractivity contribution in [2.45, 2.75) is 26.3 Å². The van der Waals surface area contributed by atoms with Crippen LogP contribution in [0.3, 0.4) is 0 Å². The smallest absolute Gasteiger partial charge is 0.279 e. The molecule has 0 amide bonds. The summed E-state index contributed by atoms with van der Waals surface area (Å²) < 4.78 is 28.8. The van der Waals surface area contributed by atoms with Crippen LogP contribution in [0.15, 0.2) is 6.20 Å². The van der Waals surface area contributed by atoms with Crippen LogP contribution < -0.4 is 10.0 Å². The van der Waals surface area contributed by atoms with Crippen molar-refractivity contribution in [2.75, 3.05) is 26.7 Å². The molecule has 0 bridgehead atoms. The summed E-state index contributed by atoms with van der Waals surface area (Å²) in [5, 5.41) is 3.92. The number of aryl methyl sites for hydroxylation is 1. The van der Waals surface area contributed by atoms with Gasteiger partial charge in [-0.3, -0.25) is 0 Å². The van der Waals surface area contributed by atoms with Gasteiger partial charge in [-0.15, -0.1) is 11.3 Å². The average Bonchev–Trinajstić information content (AvgIpc) is 2.83. The van der Waals surface area contributed by atoms with Gasteiger partial charge in [-0.25, -0.2) is 4.98 Å². The maximum Gasteiger partial charge on any atom is 0.279 e. The highest BCUT2D eigenvalue weighted by Gasteiger charge is 2.28. The number of hydrogen-bond acceptors (Lipinski definition) is 5. The molecule has 0 aliphatic carbocycles. The van der Waals surface area contributed by atoms with Crippen LogP contribution in [0.1, 0.15) is 22.7 Å². The number of nitrogens with zero attached hydrogens (tertiary/aromatic N) is 2. The SMILES string of the molecule is CNCC1CCCN(S(=O)(=O)NCc2ncc(C)s2)C1. The van der Waals surface area contributed by atoms with Gasteiger partial charge in [0.2, 0.25) is 0 Å². The van der Waals surface area contributed by atoms with Crippen molar-refractivity contribution in [1.82, 2.24) is 19.3 Å². The molecule has 1 fully saturated rings. The largest absolute Gasteiger partial charge is 0.319 e. The van der Waals surface area contributed by atoms with Gasteiger partial charge in [-0.2, -0.15) is 17.4 Å². The zero-order valence-electron chi connectivity index (χ0n) is 11.9. The topological polar surface area (TPSA) is 74.3 Å². The summed E-state index contributed by atoms with van der Waals surface area (Å²) in [5.74, 6) is 0.396. The van der Waals surface area contributed by atoms with E-state index in [2.05, 4.69) is 15.0 Å². The third kappa shape index (κ3) is 4.23. The second kappa shape index (κ2) is 6.95. The van der Waals surface area contributed by atoms with Gasteiger partial charge < -0.3 is 5.32 Å². The highest BCUT2D eigenvalue weighted by atomic mass is 32.2. The standard InChI is InChI=1S/C12H22N4O2S2/c1-10-6-14-12(19-10)8-15-20(17,18)16-5-3-4-11(9-16)7-13-2/h6,11,13,15H,3-5,7-9H2,1-2H3. The lowest BCUT2D eigenvalue weighted by atomic mass is 10.00. The molecular formula is C12H22N4O2S2. The molecular weight excluding hydrogens is 296 g/mol. The Kier molecular flexibility index (Phi) is 5.50. The van der Waals surface area contributed by atoms with E-state index in [1.807, 2.05) is 14.0 Å². The molecule has 20 heavy (non-hydrogen) atoms. The van der Waals surface area contributed by atoms with Crippen molar-refractivity contribution in [3.63, 3.8) is 0 Å². The molecule has 1 saturated heterocycles. The maximum absolute atomic E-state index is 12.3. The minimum Gasteiger partial charge on any atom is -0.319 e. The molecule has 2 N–H and O–H groups in total. The maximum atomic E-state index is 12.3. The molecule has 0 aromatic carbocycles. The van der Waals surface area contributed by atoms with Crippen LogP contribution in [-0.2, 0) is 16.8 Å². The second-order valence-electron chi connectivity index (χ2n) is 5.11. The normalized spacial score (nSPS) is 21.2. The van der Waals surface area contributed by atoms with Crippen molar-refractivity contribution in [1.29, 1.82) is 0 Å². The number of piperidine rings is 1. The summed E-state index contributed by atoms with van der Waals surface area (Å²) in [7, 11) is -1.50. The fourth-order valence-electron chi connectivity index (χ4n) is 2.43. The molecule has 114 valence electrons. The Morgan fingerprint density at radius 3 is 3.00 bits per heavy atom. The van der Waals surface area contributed by atoms with Crippen LogP contribution in [0.25, 0.3) is 0 Å². The van der Waals surface area contributed by atoms with Gasteiger partial charge in [-0.05, 0) is 39.3 Å². The Balaban J connectivity index is 1.92. The molecule has 1 aliphatic rings. The lowest BCUT2D eigenvalue weighted by Crippen LogP contribution is -2.47. The van der Waals surface area contributed by atoms with Crippen molar-refractivity contribution >= 4 is 21.5 Å². The first-order valence-electron chi connectivity index (χ1n) is 6.82. The second-order valence-corrected chi connectivity index (χ2v) is 8.19. The van der Waals surface area contributed by atoms with E-state index in [0.29, 0.717) is 19.0 Å². The molecule has 0 saturated carbocycles. The highest BCUT2D eigenvalue weighted by molar-refractivity contribution is 7.87. The molecule has 0 radical (unpaired) electrons. The molecule has 1 aromatic rings. The number of aromatic nitrogens is 1.